The molecule has 1 aliphatic rings. The van der Waals surface area contributed by atoms with E-state index < -0.39 is 0 Å². The minimum absolute atomic E-state index is 0.0505. The smallest absolute Gasteiger partial charge is 0.249 e. The van der Waals surface area contributed by atoms with Gasteiger partial charge in [0.05, 0.1) is 17.6 Å². The van der Waals surface area contributed by atoms with E-state index in [0.29, 0.717) is 13.2 Å². The number of benzene rings is 1. The van der Waals surface area contributed by atoms with Gasteiger partial charge in [0.1, 0.15) is 11.9 Å². The second-order valence-corrected chi connectivity index (χ2v) is 4.98. The lowest BCUT2D eigenvalue weighted by atomic mass is 10.0. The standard InChI is InChI=1S/C14H17N3O2/c1-9-6-7-19-13(9)14(18)15-8-12-16-10-4-2-3-5-11(10)17-12/h2-5,9,13H,6-8H2,1H3,(H,15,18)(H,16,17). The highest BCUT2D eigenvalue weighted by Crippen LogP contribution is 2.20. The molecule has 5 nitrogen and oxygen atoms in total. The van der Waals surface area contributed by atoms with Gasteiger partial charge in [0.25, 0.3) is 0 Å². The first-order chi connectivity index (χ1) is 9.24. The number of fused-ring (bicyclic) bond motifs is 1. The number of nitrogens with zero attached hydrogens (tertiary/aromatic N) is 1. The molecule has 2 aromatic rings. The SMILES string of the molecule is CC1CCOC1C(=O)NCc1nc2ccccc2[nH]1. The summed E-state index contributed by atoms with van der Waals surface area (Å²) in [6.07, 6.45) is 0.632. The Morgan fingerprint density at radius 2 is 2.37 bits per heavy atom. The van der Waals surface area contributed by atoms with Gasteiger partial charge in [-0.15, -0.1) is 0 Å². The Kier molecular flexibility index (Phi) is 3.21. The van der Waals surface area contributed by atoms with Crippen molar-refractivity contribution >= 4 is 16.9 Å². The zero-order valence-electron chi connectivity index (χ0n) is 10.8. The van der Waals surface area contributed by atoms with Gasteiger partial charge in [-0.25, -0.2) is 4.98 Å². The van der Waals surface area contributed by atoms with Crippen molar-refractivity contribution in [2.24, 2.45) is 5.92 Å². The Hall–Kier alpha value is -1.88. The highest BCUT2D eigenvalue weighted by molar-refractivity contribution is 5.81. The number of ether oxygens (including phenoxy) is 1. The number of aromatic amines is 1. The van der Waals surface area contributed by atoms with E-state index >= 15 is 0 Å². The van der Waals surface area contributed by atoms with Crippen molar-refractivity contribution in [1.29, 1.82) is 0 Å². The number of amides is 1. The molecule has 1 saturated heterocycles. The molecule has 2 N–H and O–H groups in total. The molecule has 1 aliphatic heterocycles. The molecule has 19 heavy (non-hydrogen) atoms. The van der Waals surface area contributed by atoms with Crippen LogP contribution in [0.15, 0.2) is 24.3 Å². The molecule has 2 unspecified atom stereocenters. The Bertz CT molecular complexity index is 560. The van der Waals surface area contributed by atoms with Gasteiger partial charge in [-0.05, 0) is 24.5 Å². The van der Waals surface area contributed by atoms with Crippen LogP contribution in [-0.4, -0.2) is 28.6 Å². The lowest BCUT2D eigenvalue weighted by Crippen LogP contribution is -2.37. The summed E-state index contributed by atoms with van der Waals surface area (Å²) < 4.78 is 5.43. The first-order valence-corrected chi connectivity index (χ1v) is 6.57. The monoisotopic (exact) mass is 259 g/mol. The van der Waals surface area contributed by atoms with Crippen LogP contribution in [0.2, 0.25) is 0 Å². The zero-order chi connectivity index (χ0) is 13.2. The normalized spacial score (nSPS) is 22.8. The van der Waals surface area contributed by atoms with Gasteiger partial charge in [0.15, 0.2) is 0 Å². The summed E-state index contributed by atoms with van der Waals surface area (Å²) in [4.78, 5) is 19.6. The van der Waals surface area contributed by atoms with Gasteiger partial charge in [-0.2, -0.15) is 0 Å². The topological polar surface area (TPSA) is 67.0 Å². The van der Waals surface area contributed by atoms with Crippen molar-refractivity contribution in [2.75, 3.05) is 6.61 Å². The van der Waals surface area contributed by atoms with E-state index in [0.717, 1.165) is 23.3 Å². The Morgan fingerprint density at radius 1 is 1.53 bits per heavy atom. The molecule has 0 spiro atoms. The lowest BCUT2D eigenvalue weighted by Gasteiger charge is -2.13. The van der Waals surface area contributed by atoms with Gasteiger partial charge in [-0.1, -0.05) is 19.1 Å². The number of rotatable bonds is 3. The van der Waals surface area contributed by atoms with E-state index in [4.69, 9.17) is 4.74 Å². The summed E-state index contributed by atoms with van der Waals surface area (Å²) in [5.41, 5.74) is 1.90. The average Bonchev–Trinajstić information content (AvgIpc) is 3.01. The van der Waals surface area contributed by atoms with Crippen LogP contribution in [0, 0.1) is 5.92 Å². The molecule has 1 fully saturated rings. The fourth-order valence-corrected chi connectivity index (χ4v) is 2.39. The van der Waals surface area contributed by atoms with Crippen molar-refractivity contribution in [3.05, 3.63) is 30.1 Å². The van der Waals surface area contributed by atoms with Crippen LogP contribution in [0.5, 0.6) is 0 Å². The van der Waals surface area contributed by atoms with Crippen molar-refractivity contribution in [2.45, 2.75) is 26.0 Å². The molecule has 2 atom stereocenters. The largest absolute Gasteiger partial charge is 0.368 e. The molecule has 0 saturated carbocycles. The van der Waals surface area contributed by atoms with E-state index in [1.165, 1.54) is 0 Å². The summed E-state index contributed by atoms with van der Waals surface area (Å²) in [5, 5.41) is 2.87. The Balaban J connectivity index is 1.64. The number of carbonyl (C=O) groups excluding carboxylic acids is 1. The van der Waals surface area contributed by atoms with Crippen LogP contribution in [0.3, 0.4) is 0 Å². The van der Waals surface area contributed by atoms with Gasteiger partial charge < -0.3 is 15.0 Å². The third kappa shape index (κ3) is 2.46. The summed E-state index contributed by atoms with van der Waals surface area (Å²) in [5.74, 6) is 1.00. The molecule has 1 aromatic carbocycles. The number of hydrogen-bond acceptors (Lipinski definition) is 3. The molecule has 1 aromatic heterocycles. The van der Waals surface area contributed by atoms with E-state index in [1.54, 1.807) is 0 Å². The van der Waals surface area contributed by atoms with Crippen LogP contribution in [0.1, 0.15) is 19.2 Å². The summed E-state index contributed by atoms with van der Waals surface area (Å²) >= 11 is 0. The Labute approximate surface area is 111 Å². The van der Waals surface area contributed by atoms with Crippen LogP contribution >= 0.6 is 0 Å². The second kappa shape index (κ2) is 5.01. The fraction of sp³-hybridized carbons (Fsp3) is 0.429. The quantitative estimate of drug-likeness (QED) is 0.880. The maximum Gasteiger partial charge on any atom is 0.249 e. The van der Waals surface area contributed by atoms with E-state index in [1.807, 2.05) is 31.2 Å². The number of para-hydroxylation sites is 2. The lowest BCUT2D eigenvalue weighted by molar-refractivity contribution is -0.131. The molecule has 3 rings (SSSR count). The molecular weight excluding hydrogens is 242 g/mol. The van der Waals surface area contributed by atoms with E-state index in [2.05, 4.69) is 15.3 Å². The Morgan fingerprint density at radius 3 is 3.11 bits per heavy atom. The minimum atomic E-state index is -0.315. The molecule has 0 bridgehead atoms. The average molecular weight is 259 g/mol. The van der Waals surface area contributed by atoms with Crippen molar-refractivity contribution < 1.29 is 9.53 Å². The van der Waals surface area contributed by atoms with Crippen LogP contribution in [0.25, 0.3) is 11.0 Å². The molecular formula is C14H17N3O2. The van der Waals surface area contributed by atoms with E-state index in [9.17, 15) is 4.79 Å². The highest BCUT2D eigenvalue weighted by Gasteiger charge is 2.30. The van der Waals surface area contributed by atoms with Crippen molar-refractivity contribution in [1.82, 2.24) is 15.3 Å². The molecule has 1 amide bonds. The molecule has 2 heterocycles. The molecule has 0 radical (unpaired) electrons. The van der Waals surface area contributed by atoms with Crippen molar-refractivity contribution in [3.8, 4) is 0 Å². The molecule has 100 valence electrons. The van der Waals surface area contributed by atoms with Crippen LogP contribution in [-0.2, 0) is 16.1 Å². The number of nitrogens with one attached hydrogen (secondary N) is 2. The predicted molar refractivity (Wildman–Crippen MR) is 71.5 cm³/mol. The summed E-state index contributed by atoms with van der Waals surface area (Å²) in [7, 11) is 0. The maximum absolute atomic E-state index is 12.0. The molecule has 0 aliphatic carbocycles. The summed E-state index contributed by atoms with van der Waals surface area (Å²) in [6.45, 7) is 3.11. The van der Waals surface area contributed by atoms with Gasteiger partial charge >= 0.3 is 0 Å². The summed E-state index contributed by atoms with van der Waals surface area (Å²) in [6, 6.07) is 7.81. The number of H-pyrrole nitrogens is 1. The van der Waals surface area contributed by atoms with Gasteiger partial charge in [0.2, 0.25) is 5.91 Å². The zero-order valence-corrected chi connectivity index (χ0v) is 10.8. The third-order valence-corrected chi connectivity index (χ3v) is 3.51. The predicted octanol–water partition coefficient (Wildman–Crippen LogP) is 1.60. The number of hydrogen-bond donors (Lipinski definition) is 2. The van der Waals surface area contributed by atoms with Gasteiger partial charge in [-0.3, -0.25) is 4.79 Å². The van der Waals surface area contributed by atoms with Gasteiger partial charge in [0, 0.05) is 6.61 Å². The first kappa shape index (κ1) is 12.2. The minimum Gasteiger partial charge on any atom is -0.368 e. The number of carbonyl (C=O) groups is 1. The van der Waals surface area contributed by atoms with Crippen LogP contribution in [0.4, 0.5) is 0 Å². The fourth-order valence-electron chi connectivity index (χ4n) is 2.39. The third-order valence-electron chi connectivity index (χ3n) is 3.51. The van der Waals surface area contributed by atoms with E-state index in [-0.39, 0.29) is 17.9 Å². The van der Waals surface area contributed by atoms with Crippen molar-refractivity contribution in [3.63, 3.8) is 0 Å². The highest BCUT2D eigenvalue weighted by atomic mass is 16.5. The maximum atomic E-state index is 12.0. The number of imidazole rings is 1. The van der Waals surface area contributed by atoms with Crippen LogP contribution < -0.4 is 5.32 Å². The first-order valence-electron chi connectivity index (χ1n) is 6.57. The molecule has 5 heteroatoms. The number of aromatic nitrogens is 2. The second-order valence-electron chi connectivity index (χ2n) is 4.98.